The molecule has 16 heavy (non-hydrogen) atoms. The third kappa shape index (κ3) is 4.61. The maximum Gasteiger partial charge on any atom is 0.370 e. The van der Waals surface area contributed by atoms with Crippen LogP contribution in [0.5, 0.6) is 0 Å². The molecule has 1 N–H and O–H groups in total. The highest BCUT2D eigenvalue weighted by atomic mass is 31.2. The summed E-state index contributed by atoms with van der Waals surface area (Å²) in [5.41, 5.74) is 0. The Labute approximate surface area is 95.4 Å². The third-order valence-electron chi connectivity index (χ3n) is 1.52. The van der Waals surface area contributed by atoms with Gasteiger partial charge in [-0.1, -0.05) is 0 Å². The van der Waals surface area contributed by atoms with Crippen LogP contribution in [0.2, 0.25) is 0 Å². The monoisotopic (exact) mass is 254 g/mol. The Balaban J connectivity index is 4.93. The van der Waals surface area contributed by atoms with E-state index in [-0.39, 0.29) is 19.3 Å². The van der Waals surface area contributed by atoms with Gasteiger partial charge in [0.1, 0.15) is 0 Å². The fourth-order valence-electron chi connectivity index (χ4n) is 1.06. The summed E-state index contributed by atoms with van der Waals surface area (Å²) in [5, 5.41) is 8.95. The van der Waals surface area contributed by atoms with Crippen molar-refractivity contribution < 1.29 is 28.3 Å². The normalized spacial score (nSPS) is 14.1. The fourth-order valence-corrected chi connectivity index (χ4v) is 2.79. The van der Waals surface area contributed by atoms with Gasteiger partial charge >= 0.3 is 13.6 Å². The maximum atomic E-state index is 12.1. The Morgan fingerprint density at radius 3 is 1.94 bits per heavy atom. The number of carbonyl (C=O) groups is 1. The van der Waals surface area contributed by atoms with Crippen molar-refractivity contribution in [2.45, 2.75) is 39.6 Å². The number of carboxylic acid groups (broad SMARTS) is 1. The molecule has 0 bridgehead atoms. The van der Waals surface area contributed by atoms with Crippen LogP contribution in [0.25, 0.3) is 0 Å². The number of ether oxygens (including phenoxy) is 1. The highest BCUT2D eigenvalue weighted by Crippen LogP contribution is 2.53. The van der Waals surface area contributed by atoms with Crippen molar-refractivity contribution in [2.75, 3.05) is 13.2 Å². The minimum atomic E-state index is -3.76. The van der Waals surface area contributed by atoms with E-state index in [1.165, 1.54) is 0 Å². The highest BCUT2D eigenvalue weighted by molar-refractivity contribution is 7.55. The summed E-state index contributed by atoms with van der Waals surface area (Å²) >= 11 is 0. The van der Waals surface area contributed by atoms with Gasteiger partial charge in [0.2, 0.25) is 0 Å². The number of hydrogen-bond donors (Lipinski definition) is 1. The lowest BCUT2D eigenvalue weighted by molar-refractivity contribution is -0.148. The van der Waals surface area contributed by atoms with E-state index < -0.39 is 19.4 Å². The lowest BCUT2D eigenvalue weighted by Crippen LogP contribution is -2.29. The topological polar surface area (TPSA) is 82.1 Å². The van der Waals surface area contributed by atoms with Crippen LogP contribution in [-0.2, 0) is 23.1 Å². The molecule has 0 aliphatic heterocycles. The van der Waals surface area contributed by atoms with E-state index in [2.05, 4.69) is 0 Å². The first-order chi connectivity index (χ1) is 7.37. The molecule has 1 unspecified atom stereocenters. The molecule has 0 aromatic heterocycles. The van der Waals surface area contributed by atoms with Gasteiger partial charge in [-0.3, -0.25) is 4.57 Å². The summed E-state index contributed by atoms with van der Waals surface area (Å²) in [7, 11) is -3.76. The molecule has 0 saturated heterocycles. The number of hydrogen-bond acceptors (Lipinski definition) is 5. The van der Waals surface area contributed by atoms with Crippen molar-refractivity contribution in [2.24, 2.45) is 0 Å². The molecule has 0 radical (unpaired) electrons. The zero-order valence-electron chi connectivity index (χ0n) is 10.0. The molecule has 96 valence electrons. The van der Waals surface area contributed by atoms with Gasteiger partial charge in [-0.2, -0.15) is 0 Å². The smallest absolute Gasteiger partial charge is 0.370 e. The molecule has 0 saturated carbocycles. The van der Waals surface area contributed by atoms with Crippen molar-refractivity contribution in [3.63, 3.8) is 0 Å². The molecule has 6 nitrogen and oxygen atoms in total. The number of carboxylic acids is 1. The lowest BCUT2D eigenvalue weighted by atomic mass is 10.5. The van der Waals surface area contributed by atoms with Crippen LogP contribution in [0.1, 0.15) is 27.7 Å². The van der Waals surface area contributed by atoms with Crippen LogP contribution >= 0.6 is 7.60 Å². The molecule has 0 aliphatic carbocycles. The van der Waals surface area contributed by atoms with E-state index in [1.807, 2.05) is 0 Å². The van der Waals surface area contributed by atoms with Crippen molar-refractivity contribution in [1.82, 2.24) is 0 Å². The SMILES string of the molecule is CCOP(=O)(OCC)C(OC(C)C)C(=O)O. The van der Waals surface area contributed by atoms with Crippen LogP contribution in [-0.4, -0.2) is 36.2 Å². The molecule has 0 heterocycles. The quantitative estimate of drug-likeness (QED) is 0.668. The average Bonchev–Trinajstić information content (AvgIpc) is 2.14. The summed E-state index contributed by atoms with van der Waals surface area (Å²) in [4.78, 5) is 11.0. The molecule has 1 atom stereocenters. The summed E-state index contributed by atoms with van der Waals surface area (Å²) in [5.74, 6) is -2.92. The zero-order valence-corrected chi connectivity index (χ0v) is 10.9. The summed E-state index contributed by atoms with van der Waals surface area (Å²) in [6.45, 7) is 6.72. The van der Waals surface area contributed by atoms with E-state index >= 15 is 0 Å². The second-order valence-electron chi connectivity index (χ2n) is 3.25. The molecule has 0 rings (SSSR count). The molecule has 0 aromatic carbocycles. The van der Waals surface area contributed by atoms with E-state index in [1.54, 1.807) is 27.7 Å². The summed E-state index contributed by atoms with van der Waals surface area (Å²) < 4.78 is 27.1. The van der Waals surface area contributed by atoms with Crippen LogP contribution in [0.15, 0.2) is 0 Å². The third-order valence-corrected chi connectivity index (χ3v) is 3.67. The van der Waals surface area contributed by atoms with Crippen LogP contribution in [0.3, 0.4) is 0 Å². The minimum absolute atomic E-state index is 0.0997. The van der Waals surface area contributed by atoms with Crippen molar-refractivity contribution in [3.8, 4) is 0 Å². The minimum Gasteiger partial charge on any atom is -0.479 e. The Kier molecular flexibility index (Phi) is 6.83. The maximum absolute atomic E-state index is 12.1. The van der Waals surface area contributed by atoms with Gasteiger partial charge in [-0.15, -0.1) is 0 Å². The molecule has 0 aliphatic rings. The summed E-state index contributed by atoms with van der Waals surface area (Å²) in [6.07, 6.45) is -0.379. The van der Waals surface area contributed by atoms with Crippen LogP contribution in [0, 0.1) is 0 Å². The van der Waals surface area contributed by atoms with Gasteiger partial charge < -0.3 is 18.9 Å². The Morgan fingerprint density at radius 1 is 1.25 bits per heavy atom. The molecule has 0 amide bonds. The fraction of sp³-hybridized carbons (Fsp3) is 0.889. The molecule has 7 heteroatoms. The van der Waals surface area contributed by atoms with Gasteiger partial charge in [0.25, 0.3) is 5.85 Å². The highest BCUT2D eigenvalue weighted by Gasteiger charge is 2.43. The predicted octanol–water partition coefficient (Wildman–Crippen LogP) is 2.09. The first kappa shape index (κ1) is 15.6. The largest absolute Gasteiger partial charge is 0.479 e. The van der Waals surface area contributed by atoms with E-state index in [0.717, 1.165) is 0 Å². The van der Waals surface area contributed by atoms with Gasteiger partial charge in [0.15, 0.2) is 0 Å². The average molecular weight is 254 g/mol. The van der Waals surface area contributed by atoms with Gasteiger partial charge in [0, 0.05) is 0 Å². The van der Waals surface area contributed by atoms with Crippen molar-refractivity contribution >= 4 is 13.6 Å². The van der Waals surface area contributed by atoms with E-state index in [0.29, 0.717) is 0 Å². The number of aliphatic carboxylic acids is 1. The lowest BCUT2D eigenvalue weighted by Gasteiger charge is -2.24. The molecule has 0 fully saturated rings. The Morgan fingerprint density at radius 2 is 1.69 bits per heavy atom. The second kappa shape index (κ2) is 7.01. The first-order valence-electron chi connectivity index (χ1n) is 5.14. The predicted molar refractivity (Wildman–Crippen MR) is 58.5 cm³/mol. The van der Waals surface area contributed by atoms with Gasteiger partial charge in [0.05, 0.1) is 19.3 Å². The Bertz CT molecular complexity index is 255. The van der Waals surface area contributed by atoms with Crippen LogP contribution < -0.4 is 0 Å². The van der Waals surface area contributed by atoms with Crippen LogP contribution in [0.4, 0.5) is 0 Å². The van der Waals surface area contributed by atoms with E-state index in [9.17, 15) is 9.36 Å². The first-order valence-corrected chi connectivity index (χ1v) is 6.75. The molecule has 0 spiro atoms. The molecular formula is C9H19O6P. The standard InChI is InChI=1S/C9H19O6P/c1-5-13-16(12,14-6-2)9(8(10)11)15-7(3)4/h7,9H,5-6H2,1-4H3,(H,10,11). The van der Waals surface area contributed by atoms with Gasteiger partial charge in [-0.05, 0) is 27.7 Å². The second-order valence-corrected chi connectivity index (χ2v) is 5.32. The van der Waals surface area contributed by atoms with E-state index in [4.69, 9.17) is 18.9 Å². The summed E-state index contributed by atoms with van der Waals surface area (Å²) in [6, 6.07) is 0. The molecular weight excluding hydrogens is 235 g/mol. The van der Waals surface area contributed by atoms with Crippen molar-refractivity contribution in [3.05, 3.63) is 0 Å². The zero-order chi connectivity index (χ0) is 12.8. The molecule has 0 aromatic rings. The van der Waals surface area contributed by atoms with Gasteiger partial charge in [-0.25, -0.2) is 4.79 Å². The van der Waals surface area contributed by atoms with Crippen molar-refractivity contribution in [1.29, 1.82) is 0 Å². The Hall–Kier alpha value is -0.420. The number of rotatable bonds is 8.